The molecule has 0 fully saturated rings. The molecule has 0 aliphatic rings. The molecule has 3 heteroatoms. The predicted octanol–water partition coefficient (Wildman–Crippen LogP) is 1.47. The number of aromatic nitrogens is 1. The van der Waals surface area contributed by atoms with Crippen LogP contribution in [-0.2, 0) is 0 Å². The zero-order valence-corrected chi connectivity index (χ0v) is 6.15. The van der Waals surface area contributed by atoms with Crippen LogP contribution in [0, 0.1) is 12.7 Å². The average molecular weight is 153 g/mol. The van der Waals surface area contributed by atoms with Gasteiger partial charge in [0.1, 0.15) is 0 Å². The molecular formula is C8H8FNO. The number of pyridine rings is 1. The molecular weight excluding hydrogens is 145 g/mol. The molecule has 0 saturated heterocycles. The molecule has 2 nitrogen and oxygen atoms in total. The summed E-state index contributed by atoms with van der Waals surface area (Å²) < 4.78 is 12.6. The highest BCUT2D eigenvalue weighted by atomic mass is 19.1. The van der Waals surface area contributed by atoms with Gasteiger partial charge in [-0.1, -0.05) is 12.7 Å². The fraction of sp³-hybridized carbons (Fsp3) is 0.125. The van der Waals surface area contributed by atoms with Gasteiger partial charge in [0.15, 0.2) is 5.82 Å². The summed E-state index contributed by atoms with van der Waals surface area (Å²) in [7, 11) is 0. The smallest absolute Gasteiger partial charge is 0.284 e. The Morgan fingerprint density at radius 1 is 1.73 bits per heavy atom. The van der Waals surface area contributed by atoms with Crippen molar-refractivity contribution in [2.45, 2.75) is 6.92 Å². The van der Waals surface area contributed by atoms with Crippen molar-refractivity contribution in [1.29, 1.82) is 0 Å². The Bertz CT molecular complexity index is 340. The molecule has 0 aromatic carbocycles. The molecule has 0 amide bonds. The maximum atomic E-state index is 12.6. The third kappa shape index (κ3) is 1.37. The molecule has 0 atom stereocenters. The first-order chi connectivity index (χ1) is 5.15. The van der Waals surface area contributed by atoms with E-state index < -0.39 is 11.4 Å². The third-order valence-corrected chi connectivity index (χ3v) is 1.45. The van der Waals surface area contributed by atoms with Crippen LogP contribution in [0.2, 0.25) is 0 Å². The van der Waals surface area contributed by atoms with Crippen LogP contribution >= 0.6 is 0 Å². The zero-order valence-electron chi connectivity index (χ0n) is 6.15. The molecule has 1 aromatic heterocycles. The largest absolute Gasteiger partial charge is 0.323 e. The van der Waals surface area contributed by atoms with Crippen molar-refractivity contribution in [3.05, 3.63) is 40.1 Å². The maximum Gasteiger partial charge on any atom is 0.284 e. The number of hydrogen-bond donors (Lipinski definition) is 1. The number of rotatable bonds is 1. The molecule has 58 valence electrons. The molecule has 0 aliphatic carbocycles. The molecule has 0 saturated carbocycles. The Balaban J connectivity index is 3.43. The summed E-state index contributed by atoms with van der Waals surface area (Å²) in [6.07, 6.45) is 1.49. The van der Waals surface area contributed by atoms with Gasteiger partial charge in [-0.25, -0.2) is 4.39 Å². The minimum Gasteiger partial charge on any atom is -0.323 e. The van der Waals surface area contributed by atoms with Crippen molar-refractivity contribution in [2.24, 2.45) is 0 Å². The highest BCUT2D eigenvalue weighted by Gasteiger charge is 2.00. The maximum absolute atomic E-state index is 12.6. The van der Waals surface area contributed by atoms with Crippen molar-refractivity contribution in [1.82, 2.24) is 4.98 Å². The SMILES string of the molecule is C=Cc1cc(F)c(=O)[nH]c1C. The van der Waals surface area contributed by atoms with Crippen molar-refractivity contribution >= 4 is 6.08 Å². The molecule has 1 N–H and O–H groups in total. The van der Waals surface area contributed by atoms with Crippen LogP contribution in [0.3, 0.4) is 0 Å². The monoisotopic (exact) mass is 153 g/mol. The number of hydrogen-bond acceptors (Lipinski definition) is 1. The fourth-order valence-electron chi connectivity index (χ4n) is 0.825. The lowest BCUT2D eigenvalue weighted by Gasteiger charge is -1.97. The van der Waals surface area contributed by atoms with Gasteiger partial charge in [0.2, 0.25) is 0 Å². The van der Waals surface area contributed by atoms with Gasteiger partial charge in [-0.15, -0.1) is 0 Å². The molecule has 0 aliphatic heterocycles. The van der Waals surface area contributed by atoms with Gasteiger partial charge in [0.05, 0.1) is 0 Å². The van der Waals surface area contributed by atoms with E-state index in [0.29, 0.717) is 11.3 Å². The second-order valence-electron chi connectivity index (χ2n) is 2.23. The molecule has 0 radical (unpaired) electrons. The van der Waals surface area contributed by atoms with E-state index in [2.05, 4.69) is 11.6 Å². The quantitative estimate of drug-likeness (QED) is 0.651. The van der Waals surface area contributed by atoms with Gasteiger partial charge < -0.3 is 4.98 Å². The second-order valence-corrected chi connectivity index (χ2v) is 2.23. The molecule has 11 heavy (non-hydrogen) atoms. The summed E-state index contributed by atoms with van der Waals surface area (Å²) in [6, 6.07) is 1.17. The van der Waals surface area contributed by atoms with Crippen LogP contribution in [-0.4, -0.2) is 4.98 Å². The lowest BCUT2D eigenvalue weighted by atomic mass is 10.2. The third-order valence-electron chi connectivity index (χ3n) is 1.45. The summed E-state index contributed by atoms with van der Waals surface area (Å²) in [4.78, 5) is 13.0. The lowest BCUT2D eigenvalue weighted by Crippen LogP contribution is -2.12. The molecule has 1 rings (SSSR count). The van der Waals surface area contributed by atoms with Crippen LogP contribution in [0.25, 0.3) is 6.08 Å². The predicted molar refractivity (Wildman–Crippen MR) is 41.8 cm³/mol. The van der Waals surface area contributed by atoms with Crippen LogP contribution in [0.1, 0.15) is 11.3 Å². The molecule has 1 heterocycles. The summed E-state index contributed by atoms with van der Waals surface area (Å²) in [5.74, 6) is -0.773. The van der Waals surface area contributed by atoms with E-state index in [4.69, 9.17) is 0 Å². The summed E-state index contributed by atoms with van der Waals surface area (Å²) >= 11 is 0. The number of aryl methyl sites for hydroxylation is 1. The van der Waals surface area contributed by atoms with Gasteiger partial charge in [0, 0.05) is 5.69 Å². The van der Waals surface area contributed by atoms with Gasteiger partial charge in [-0.05, 0) is 18.6 Å². The summed E-state index contributed by atoms with van der Waals surface area (Å²) in [5, 5.41) is 0. The van der Waals surface area contributed by atoms with Crippen molar-refractivity contribution in [3.8, 4) is 0 Å². The molecule has 0 unspecified atom stereocenters. The molecule has 0 bridgehead atoms. The van der Waals surface area contributed by atoms with Crippen molar-refractivity contribution < 1.29 is 4.39 Å². The molecule has 1 aromatic rings. The summed E-state index contributed by atoms with van der Waals surface area (Å²) in [6.45, 7) is 5.17. The van der Waals surface area contributed by atoms with Crippen LogP contribution in [0.4, 0.5) is 4.39 Å². The average Bonchev–Trinajstić information content (AvgIpc) is 1.97. The van der Waals surface area contributed by atoms with Crippen LogP contribution in [0.5, 0.6) is 0 Å². The van der Waals surface area contributed by atoms with Crippen molar-refractivity contribution in [3.63, 3.8) is 0 Å². The lowest BCUT2D eigenvalue weighted by molar-refractivity contribution is 0.606. The zero-order chi connectivity index (χ0) is 8.43. The Morgan fingerprint density at radius 2 is 2.36 bits per heavy atom. The number of halogens is 1. The van der Waals surface area contributed by atoms with Gasteiger partial charge in [-0.2, -0.15) is 0 Å². The number of H-pyrrole nitrogens is 1. The van der Waals surface area contributed by atoms with Crippen LogP contribution < -0.4 is 5.56 Å². The minimum absolute atomic E-state index is 0.613. The number of nitrogens with one attached hydrogen (secondary N) is 1. The Kier molecular flexibility index (Phi) is 1.89. The van der Waals surface area contributed by atoms with Crippen LogP contribution in [0.15, 0.2) is 17.4 Å². The van der Waals surface area contributed by atoms with E-state index in [-0.39, 0.29) is 0 Å². The minimum atomic E-state index is -0.773. The van der Waals surface area contributed by atoms with E-state index in [1.807, 2.05) is 0 Å². The highest BCUT2D eigenvalue weighted by Crippen LogP contribution is 2.04. The van der Waals surface area contributed by atoms with Crippen molar-refractivity contribution in [2.75, 3.05) is 0 Å². The van der Waals surface area contributed by atoms with Gasteiger partial charge in [-0.3, -0.25) is 4.79 Å². The molecule has 0 spiro atoms. The van der Waals surface area contributed by atoms with E-state index in [0.717, 1.165) is 0 Å². The van der Waals surface area contributed by atoms with Gasteiger partial charge in [0.25, 0.3) is 5.56 Å². The first-order valence-corrected chi connectivity index (χ1v) is 3.17. The van der Waals surface area contributed by atoms with Gasteiger partial charge >= 0.3 is 0 Å². The summed E-state index contributed by atoms with van der Waals surface area (Å²) in [5.41, 5.74) is 0.557. The topological polar surface area (TPSA) is 32.9 Å². The highest BCUT2D eigenvalue weighted by molar-refractivity contribution is 5.48. The van der Waals surface area contributed by atoms with E-state index in [9.17, 15) is 9.18 Å². The second kappa shape index (κ2) is 2.70. The number of aromatic amines is 1. The van der Waals surface area contributed by atoms with E-state index in [1.165, 1.54) is 12.1 Å². The Labute approximate surface area is 63.4 Å². The van der Waals surface area contributed by atoms with E-state index >= 15 is 0 Å². The normalized spacial score (nSPS) is 9.64. The Hall–Kier alpha value is -1.38. The van der Waals surface area contributed by atoms with E-state index in [1.54, 1.807) is 6.92 Å². The first kappa shape index (κ1) is 7.72. The first-order valence-electron chi connectivity index (χ1n) is 3.17. The standard InChI is InChI=1S/C8H8FNO/c1-3-6-4-7(9)8(11)10-5(6)2/h3-4H,1H2,2H3,(H,10,11). The Morgan fingerprint density at radius 3 is 2.91 bits per heavy atom. The fourth-order valence-corrected chi connectivity index (χ4v) is 0.825.